The van der Waals surface area contributed by atoms with Gasteiger partial charge in [-0.2, -0.15) is 5.10 Å². The molecule has 1 N–H and O–H groups in total. The maximum absolute atomic E-state index is 13.3. The van der Waals surface area contributed by atoms with Crippen molar-refractivity contribution >= 4 is 34.2 Å². The van der Waals surface area contributed by atoms with Crippen LogP contribution in [-0.2, 0) is 14.3 Å². The van der Waals surface area contributed by atoms with Gasteiger partial charge in [-0.25, -0.2) is 8.78 Å². The van der Waals surface area contributed by atoms with E-state index < -0.39 is 23.4 Å². The molecule has 0 heterocycles. The molecule has 1 aromatic rings. The van der Waals surface area contributed by atoms with Gasteiger partial charge < -0.3 is 4.74 Å². The summed E-state index contributed by atoms with van der Waals surface area (Å²) in [5.41, 5.74) is 2.24. The number of ketones is 1. The van der Waals surface area contributed by atoms with Gasteiger partial charge in [-0.15, -0.1) is 0 Å². The fourth-order valence-corrected chi connectivity index (χ4v) is 1.78. The first-order valence-corrected chi connectivity index (χ1v) is 6.42. The Morgan fingerprint density at radius 2 is 2.10 bits per heavy atom. The van der Waals surface area contributed by atoms with Crippen molar-refractivity contribution in [2.75, 3.05) is 18.3 Å². The van der Waals surface area contributed by atoms with Crippen molar-refractivity contribution in [2.24, 2.45) is 5.10 Å². The highest BCUT2D eigenvalue weighted by Gasteiger charge is 2.11. The van der Waals surface area contributed by atoms with Crippen LogP contribution in [0.1, 0.15) is 6.92 Å². The number of methoxy groups -OCH3 is 1. The van der Waals surface area contributed by atoms with E-state index in [1.807, 2.05) is 0 Å². The summed E-state index contributed by atoms with van der Waals surface area (Å²) in [6.07, 6.45) is 0. The van der Waals surface area contributed by atoms with Gasteiger partial charge in [-0.05, 0) is 12.1 Å². The number of thioether (sulfide) groups is 1. The lowest BCUT2D eigenvalue weighted by atomic mass is 10.3. The third-order valence-electron chi connectivity index (χ3n) is 2.06. The van der Waals surface area contributed by atoms with Crippen LogP contribution in [0.15, 0.2) is 23.3 Å². The smallest absolute Gasteiger partial charge is 0.316 e. The van der Waals surface area contributed by atoms with Gasteiger partial charge in [-0.1, -0.05) is 11.8 Å². The first-order chi connectivity index (χ1) is 9.43. The lowest BCUT2D eigenvalue weighted by molar-refractivity contribution is -0.137. The fraction of sp³-hybridized carbons (Fsp3) is 0.250. The Balaban J connectivity index is 2.76. The van der Waals surface area contributed by atoms with Gasteiger partial charge >= 0.3 is 5.97 Å². The molecule has 20 heavy (non-hydrogen) atoms. The number of anilines is 1. The molecule has 0 bridgehead atoms. The first kappa shape index (κ1) is 16.1. The number of benzene rings is 1. The fourth-order valence-electron chi connectivity index (χ4n) is 1.09. The van der Waals surface area contributed by atoms with Gasteiger partial charge in [0.15, 0.2) is 16.6 Å². The topological polar surface area (TPSA) is 67.8 Å². The van der Waals surface area contributed by atoms with Crippen molar-refractivity contribution in [3.63, 3.8) is 0 Å². The molecule has 0 spiro atoms. The molecule has 1 rings (SSSR count). The second-order valence-electron chi connectivity index (χ2n) is 3.57. The number of carbonyl (C=O) groups excluding carboxylic acids is 2. The van der Waals surface area contributed by atoms with Crippen LogP contribution in [0.2, 0.25) is 0 Å². The van der Waals surface area contributed by atoms with Gasteiger partial charge in [0.25, 0.3) is 0 Å². The summed E-state index contributed by atoms with van der Waals surface area (Å²) < 4.78 is 30.5. The highest BCUT2D eigenvalue weighted by atomic mass is 32.2. The van der Waals surface area contributed by atoms with Gasteiger partial charge in [-0.3, -0.25) is 15.0 Å². The Kier molecular flexibility index (Phi) is 6.10. The molecule has 0 atom stereocenters. The standard InChI is InChI=1S/C12H12F2N2O3S/c1-7(17)12(20-6-11(18)19-2)16-15-10-4-3-8(13)5-9(10)14/h3-5,15H,6H2,1-2H3/b16-12+. The van der Waals surface area contributed by atoms with E-state index in [2.05, 4.69) is 15.3 Å². The Bertz CT molecular complexity index is 550. The SMILES string of the molecule is COC(=O)CS/C(=N/Nc1ccc(F)cc1F)C(C)=O. The molecule has 0 aliphatic carbocycles. The average Bonchev–Trinajstić information content (AvgIpc) is 2.39. The molecular weight excluding hydrogens is 290 g/mol. The van der Waals surface area contributed by atoms with Gasteiger partial charge in [0.05, 0.1) is 18.6 Å². The summed E-state index contributed by atoms with van der Waals surface area (Å²) in [7, 11) is 1.22. The molecule has 8 heteroatoms. The Morgan fingerprint density at radius 3 is 2.65 bits per heavy atom. The highest BCUT2D eigenvalue weighted by Crippen LogP contribution is 2.15. The zero-order valence-corrected chi connectivity index (χ0v) is 11.6. The molecule has 0 radical (unpaired) electrons. The Morgan fingerprint density at radius 1 is 1.40 bits per heavy atom. The largest absolute Gasteiger partial charge is 0.468 e. The monoisotopic (exact) mass is 302 g/mol. The van der Waals surface area contributed by atoms with Crippen LogP contribution in [0.25, 0.3) is 0 Å². The van der Waals surface area contributed by atoms with Crippen molar-refractivity contribution in [3.8, 4) is 0 Å². The minimum atomic E-state index is -0.838. The number of carbonyl (C=O) groups is 2. The van der Waals surface area contributed by atoms with Crippen molar-refractivity contribution in [1.82, 2.24) is 0 Å². The molecule has 0 amide bonds. The summed E-state index contributed by atoms with van der Waals surface area (Å²) in [4.78, 5) is 22.3. The minimum absolute atomic E-state index is 0.0147. The molecule has 1 aromatic carbocycles. The average molecular weight is 302 g/mol. The second kappa shape index (κ2) is 7.59. The number of nitrogens with zero attached hydrogens (tertiary/aromatic N) is 1. The third-order valence-corrected chi connectivity index (χ3v) is 3.10. The number of rotatable bonds is 5. The van der Waals surface area contributed by atoms with Gasteiger partial charge in [0.2, 0.25) is 0 Å². The molecule has 108 valence electrons. The summed E-state index contributed by atoms with van der Waals surface area (Å²) in [5.74, 6) is -2.56. The maximum atomic E-state index is 13.3. The van der Waals surface area contributed by atoms with Crippen LogP contribution in [0.3, 0.4) is 0 Å². The number of hydrogen-bond acceptors (Lipinski definition) is 6. The molecule has 0 saturated heterocycles. The van der Waals surface area contributed by atoms with Gasteiger partial charge in [0.1, 0.15) is 5.82 Å². The number of nitrogens with one attached hydrogen (secondary N) is 1. The van der Waals surface area contributed by atoms with E-state index in [9.17, 15) is 18.4 Å². The summed E-state index contributed by atoms with van der Waals surface area (Å²) in [6.45, 7) is 1.26. The number of Topliss-reactive ketones (excluding diaryl/α,β-unsaturated/α-hetero) is 1. The number of ether oxygens (including phenoxy) is 1. The van der Waals surface area contributed by atoms with Crippen molar-refractivity contribution < 1.29 is 23.1 Å². The van der Waals surface area contributed by atoms with E-state index in [-0.39, 0.29) is 16.5 Å². The van der Waals surface area contributed by atoms with E-state index >= 15 is 0 Å². The number of hydrogen-bond donors (Lipinski definition) is 1. The molecule has 0 aliphatic rings. The van der Waals surface area contributed by atoms with Crippen LogP contribution in [0.5, 0.6) is 0 Å². The van der Waals surface area contributed by atoms with Crippen molar-refractivity contribution in [2.45, 2.75) is 6.92 Å². The molecule has 0 fully saturated rings. The number of halogens is 2. The van der Waals surface area contributed by atoms with E-state index in [4.69, 9.17) is 0 Å². The van der Waals surface area contributed by atoms with E-state index in [0.717, 1.165) is 23.9 Å². The molecular formula is C12H12F2N2O3S. The highest BCUT2D eigenvalue weighted by molar-refractivity contribution is 8.16. The van der Waals surface area contributed by atoms with E-state index in [0.29, 0.717) is 6.07 Å². The molecule has 0 aliphatic heterocycles. The van der Waals surface area contributed by atoms with E-state index in [1.54, 1.807) is 0 Å². The van der Waals surface area contributed by atoms with Crippen LogP contribution in [0.4, 0.5) is 14.5 Å². The normalized spacial score (nSPS) is 11.1. The maximum Gasteiger partial charge on any atom is 0.316 e. The lowest BCUT2D eigenvalue weighted by Crippen LogP contribution is -2.13. The Hall–Kier alpha value is -1.96. The summed E-state index contributed by atoms with van der Waals surface area (Å²) >= 11 is 0.857. The zero-order chi connectivity index (χ0) is 15.1. The molecule has 0 saturated carbocycles. The number of hydrazone groups is 1. The Labute approximate surface area is 118 Å². The third kappa shape index (κ3) is 4.96. The summed E-state index contributed by atoms with van der Waals surface area (Å²) in [5, 5.41) is 3.69. The van der Waals surface area contributed by atoms with Crippen LogP contribution >= 0.6 is 11.8 Å². The zero-order valence-electron chi connectivity index (χ0n) is 10.8. The summed E-state index contributed by atoms with van der Waals surface area (Å²) in [6, 6.07) is 2.89. The van der Waals surface area contributed by atoms with E-state index in [1.165, 1.54) is 14.0 Å². The quantitative estimate of drug-likeness (QED) is 0.391. The molecule has 0 aromatic heterocycles. The second-order valence-corrected chi connectivity index (χ2v) is 4.54. The number of esters is 1. The minimum Gasteiger partial charge on any atom is -0.468 e. The predicted molar refractivity (Wildman–Crippen MR) is 72.6 cm³/mol. The molecule has 0 unspecified atom stereocenters. The predicted octanol–water partition coefficient (Wildman–Crippen LogP) is 2.19. The first-order valence-electron chi connectivity index (χ1n) is 5.43. The lowest BCUT2D eigenvalue weighted by Gasteiger charge is -2.05. The van der Waals surface area contributed by atoms with Gasteiger partial charge in [0, 0.05) is 13.0 Å². The molecule has 5 nitrogen and oxygen atoms in total. The van der Waals surface area contributed by atoms with Crippen LogP contribution in [-0.4, -0.2) is 29.7 Å². The van der Waals surface area contributed by atoms with Crippen LogP contribution < -0.4 is 5.43 Å². The van der Waals surface area contributed by atoms with Crippen molar-refractivity contribution in [1.29, 1.82) is 0 Å². The van der Waals surface area contributed by atoms with Crippen molar-refractivity contribution in [3.05, 3.63) is 29.8 Å². The van der Waals surface area contributed by atoms with Crippen LogP contribution in [0, 0.1) is 11.6 Å².